The Labute approximate surface area is 187 Å². The number of rotatable bonds is 15. The van der Waals surface area contributed by atoms with Gasteiger partial charge in [-0.05, 0) is 19.3 Å². The SMILES string of the molecule is CCC/C=C/CCC[N+](CO)(CCCC(=O)[O-])CCCC(=O)O.[K+]. The van der Waals surface area contributed by atoms with E-state index in [4.69, 9.17) is 5.11 Å². The number of carboxylic acid groups (broad SMARTS) is 2. The van der Waals surface area contributed by atoms with Gasteiger partial charge >= 0.3 is 57.4 Å². The number of aliphatic carboxylic acids is 2. The average Bonchev–Trinajstić information content (AvgIpc) is 2.49. The second-order valence-corrected chi connectivity index (χ2v) is 6.03. The van der Waals surface area contributed by atoms with Crippen molar-refractivity contribution in [3.05, 3.63) is 12.2 Å². The Hall–Kier alpha value is 0.236. The van der Waals surface area contributed by atoms with Crippen LogP contribution in [0, 0.1) is 0 Å². The van der Waals surface area contributed by atoms with Crippen LogP contribution in [0.15, 0.2) is 12.2 Å². The molecule has 0 aliphatic carbocycles. The summed E-state index contributed by atoms with van der Waals surface area (Å²) >= 11 is 0. The molecule has 0 aliphatic heterocycles. The number of unbranched alkanes of at least 4 members (excludes halogenated alkanes) is 2. The van der Waals surface area contributed by atoms with Crippen LogP contribution in [0.5, 0.6) is 0 Å². The second kappa shape index (κ2) is 16.7. The maximum absolute atomic E-state index is 10.7. The summed E-state index contributed by atoms with van der Waals surface area (Å²) in [6.07, 6.45) is 9.21. The van der Waals surface area contributed by atoms with E-state index < -0.39 is 11.9 Å². The molecule has 0 aliphatic rings. The molecule has 0 heterocycles. The minimum Gasteiger partial charge on any atom is -0.550 e. The third-order valence-electron chi connectivity index (χ3n) is 3.96. The van der Waals surface area contributed by atoms with Gasteiger partial charge in [0, 0.05) is 25.2 Å². The zero-order valence-corrected chi connectivity index (χ0v) is 18.3. The van der Waals surface area contributed by atoms with Crippen molar-refractivity contribution in [2.45, 2.75) is 58.3 Å². The average molecular weight is 369 g/mol. The van der Waals surface area contributed by atoms with Gasteiger partial charge in [-0.1, -0.05) is 25.5 Å². The normalized spacial score (nSPS) is 13.4. The number of aliphatic hydroxyl groups excluding tert-OH is 1. The quantitative estimate of drug-likeness (QED) is 0.118. The number of carbonyl (C=O) groups excluding carboxylic acids is 1. The Morgan fingerprint density at radius 2 is 1.54 bits per heavy atom. The molecule has 6 nitrogen and oxygen atoms in total. The van der Waals surface area contributed by atoms with Crippen molar-refractivity contribution in [1.82, 2.24) is 0 Å². The van der Waals surface area contributed by atoms with Crippen molar-refractivity contribution < 1.29 is 80.8 Å². The molecule has 0 radical (unpaired) electrons. The van der Waals surface area contributed by atoms with Crippen LogP contribution < -0.4 is 56.5 Å². The van der Waals surface area contributed by atoms with Crippen molar-refractivity contribution >= 4 is 11.9 Å². The van der Waals surface area contributed by atoms with E-state index in [1.807, 2.05) is 0 Å². The molecule has 0 spiro atoms. The minimum atomic E-state index is -1.09. The van der Waals surface area contributed by atoms with Crippen LogP contribution >= 0.6 is 0 Å². The molecular formula is C17H31KNO5+. The molecule has 0 rings (SSSR count). The summed E-state index contributed by atoms with van der Waals surface area (Å²) in [6.45, 7) is 3.83. The van der Waals surface area contributed by atoms with E-state index in [0.717, 1.165) is 32.2 Å². The van der Waals surface area contributed by atoms with Gasteiger partial charge in [0.2, 0.25) is 0 Å². The van der Waals surface area contributed by atoms with Crippen molar-refractivity contribution in [2.24, 2.45) is 0 Å². The largest absolute Gasteiger partial charge is 1.00 e. The Balaban J connectivity index is 0. The molecule has 0 saturated heterocycles. The van der Waals surface area contributed by atoms with Gasteiger partial charge < -0.3 is 24.6 Å². The predicted octanol–water partition coefficient (Wildman–Crippen LogP) is -1.71. The molecule has 7 heteroatoms. The fourth-order valence-electron chi connectivity index (χ4n) is 2.62. The first-order valence-corrected chi connectivity index (χ1v) is 8.48. The van der Waals surface area contributed by atoms with E-state index in [1.54, 1.807) is 0 Å². The van der Waals surface area contributed by atoms with Crippen LogP contribution in [0.25, 0.3) is 0 Å². The number of nitrogens with zero attached hydrogens (tertiary/aromatic N) is 1. The maximum atomic E-state index is 10.7. The summed E-state index contributed by atoms with van der Waals surface area (Å²) < 4.78 is 0.363. The van der Waals surface area contributed by atoms with Crippen molar-refractivity contribution in [1.29, 1.82) is 0 Å². The van der Waals surface area contributed by atoms with Crippen molar-refractivity contribution in [2.75, 3.05) is 26.4 Å². The fraction of sp³-hybridized carbons (Fsp3) is 0.765. The zero-order chi connectivity index (χ0) is 17.6. The molecule has 1 unspecified atom stereocenters. The number of aliphatic hydroxyl groups is 1. The predicted molar refractivity (Wildman–Crippen MR) is 86.3 cm³/mol. The number of hydrogen-bond donors (Lipinski definition) is 2. The summed E-state index contributed by atoms with van der Waals surface area (Å²) in [5.74, 6) is -1.94. The summed E-state index contributed by atoms with van der Waals surface area (Å²) in [5.41, 5.74) is 0. The van der Waals surface area contributed by atoms with Gasteiger partial charge in [-0.15, -0.1) is 0 Å². The van der Waals surface area contributed by atoms with E-state index >= 15 is 0 Å². The van der Waals surface area contributed by atoms with Crippen LogP contribution in [-0.4, -0.2) is 53.0 Å². The zero-order valence-electron chi connectivity index (χ0n) is 15.2. The third-order valence-corrected chi connectivity index (χ3v) is 3.96. The van der Waals surface area contributed by atoms with Crippen LogP contribution in [0.4, 0.5) is 0 Å². The first-order chi connectivity index (χ1) is 11.0. The van der Waals surface area contributed by atoms with Crippen LogP contribution in [0.2, 0.25) is 0 Å². The fourth-order valence-corrected chi connectivity index (χ4v) is 2.62. The van der Waals surface area contributed by atoms with E-state index in [2.05, 4.69) is 19.1 Å². The summed E-state index contributed by atoms with van der Waals surface area (Å²) in [5, 5.41) is 29.1. The van der Waals surface area contributed by atoms with E-state index in [0.29, 0.717) is 30.4 Å². The van der Waals surface area contributed by atoms with E-state index in [-0.39, 0.29) is 71.0 Å². The van der Waals surface area contributed by atoms with Gasteiger partial charge in [-0.2, -0.15) is 0 Å². The number of allylic oxidation sites excluding steroid dienone is 2. The van der Waals surface area contributed by atoms with E-state index in [1.165, 1.54) is 0 Å². The van der Waals surface area contributed by atoms with Gasteiger partial charge in [-0.25, -0.2) is 0 Å². The molecule has 0 aromatic rings. The van der Waals surface area contributed by atoms with Gasteiger partial charge in [0.25, 0.3) is 0 Å². The van der Waals surface area contributed by atoms with Crippen LogP contribution in [0.1, 0.15) is 58.3 Å². The number of carboxylic acids is 2. The Kier molecular flexibility index (Phi) is 18.4. The van der Waals surface area contributed by atoms with Gasteiger partial charge in [0.15, 0.2) is 6.73 Å². The topological polar surface area (TPSA) is 97.7 Å². The smallest absolute Gasteiger partial charge is 0.550 e. The second-order valence-electron chi connectivity index (χ2n) is 6.03. The molecule has 0 amide bonds. The molecule has 134 valence electrons. The van der Waals surface area contributed by atoms with E-state index in [9.17, 15) is 19.8 Å². The number of carbonyl (C=O) groups is 2. The molecule has 0 aromatic heterocycles. The first-order valence-electron chi connectivity index (χ1n) is 8.48. The standard InChI is InChI=1S/C17H31NO5.K/c1-2-3-4-5-6-7-12-18(15-19,13-8-10-16(20)21)14-9-11-17(22)23;/h4-5,19H,2-3,6-15H2,1H3,(H-,20,21,22,23);/q;+1/b5-4+;. The van der Waals surface area contributed by atoms with Crippen molar-refractivity contribution in [3.8, 4) is 0 Å². The summed E-state index contributed by atoms with van der Waals surface area (Å²) in [4.78, 5) is 21.2. The molecule has 0 saturated carbocycles. The molecule has 1 atom stereocenters. The third kappa shape index (κ3) is 14.6. The van der Waals surface area contributed by atoms with Crippen molar-refractivity contribution in [3.63, 3.8) is 0 Å². The molecular weight excluding hydrogens is 337 g/mol. The number of hydrogen-bond acceptors (Lipinski definition) is 4. The van der Waals surface area contributed by atoms with Crippen LogP contribution in [-0.2, 0) is 9.59 Å². The molecule has 24 heavy (non-hydrogen) atoms. The summed E-state index contributed by atoms with van der Waals surface area (Å²) in [7, 11) is 0. The molecule has 2 N–H and O–H groups in total. The first kappa shape index (κ1) is 26.5. The summed E-state index contributed by atoms with van der Waals surface area (Å²) in [6, 6.07) is 0. The Bertz CT molecular complexity index is 354. The Morgan fingerprint density at radius 1 is 1.00 bits per heavy atom. The van der Waals surface area contributed by atoms with Gasteiger partial charge in [-0.3, -0.25) is 4.79 Å². The molecule has 0 fully saturated rings. The molecule has 0 bridgehead atoms. The van der Waals surface area contributed by atoms with Gasteiger partial charge in [0.1, 0.15) is 0 Å². The minimum absolute atomic E-state index is 0. The number of quaternary nitrogens is 1. The van der Waals surface area contributed by atoms with Crippen LogP contribution in [0.3, 0.4) is 0 Å². The maximum Gasteiger partial charge on any atom is 1.00 e. The molecule has 0 aromatic carbocycles. The monoisotopic (exact) mass is 368 g/mol. The van der Waals surface area contributed by atoms with Gasteiger partial charge in [0.05, 0.1) is 26.1 Å². The Morgan fingerprint density at radius 3 is 2.04 bits per heavy atom.